The van der Waals surface area contributed by atoms with Gasteiger partial charge in [-0.3, -0.25) is 9.59 Å². The summed E-state index contributed by atoms with van der Waals surface area (Å²) in [5, 5.41) is 5.32. The monoisotopic (exact) mass is 411 g/mol. The van der Waals surface area contributed by atoms with E-state index >= 15 is 0 Å². The number of carbonyl (C=O) groups excluding carboxylic acids is 2. The molecule has 1 aliphatic carbocycles. The van der Waals surface area contributed by atoms with Crippen LogP contribution in [-0.2, 0) is 17.8 Å². The molecular formula is C25H21N3O3. The van der Waals surface area contributed by atoms with Gasteiger partial charge in [0.05, 0.1) is 11.1 Å². The Bertz CT molecular complexity index is 1430. The van der Waals surface area contributed by atoms with Gasteiger partial charge in [-0.25, -0.2) is 0 Å². The number of nitrogens with zero attached hydrogens (tertiary/aromatic N) is 1. The Morgan fingerprint density at radius 1 is 1.10 bits per heavy atom. The molecule has 0 radical (unpaired) electrons. The number of para-hydroxylation sites is 1. The van der Waals surface area contributed by atoms with Crippen LogP contribution in [0.5, 0.6) is 5.75 Å². The summed E-state index contributed by atoms with van der Waals surface area (Å²) in [4.78, 5) is 29.8. The van der Waals surface area contributed by atoms with Gasteiger partial charge in [-0.05, 0) is 40.5 Å². The van der Waals surface area contributed by atoms with E-state index in [1.165, 1.54) is 4.90 Å². The molecule has 0 bridgehead atoms. The fourth-order valence-corrected chi connectivity index (χ4v) is 4.91. The first kappa shape index (κ1) is 18.0. The van der Waals surface area contributed by atoms with E-state index in [2.05, 4.69) is 22.4 Å². The molecule has 6 nitrogen and oxygen atoms in total. The minimum atomic E-state index is -0.0851. The van der Waals surface area contributed by atoms with Crippen molar-refractivity contribution in [3.63, 3.8) is 0 Å². The number of nitrogens with one attached hydrogen (secondary N) is 2. The summed E-state index contributed by atoms with van der Waals surface area (Å²) >= 11 is 0. The Morgan fingerprint density at radius 3 is 2.77 bits per heavy atom. The number of amides is 2. The fourth-order valence-electron chi connectivity index (χ4n) is 4.91. The van der Waals surface area contributed by atoms with Crippen LogP contribution >= 0.6 is 0 Å². The normalized spacial score (nSPS) is 13.8. The van der Waals surface area contributed by atoms with Gasteiger partial charge in [0.1, 0.15) is 5.75 Å². The minimum absolute atomic E-state index is 0.00278. The molecular weight excluding hydrogens is 390 g/mol. The van der Waals surface area contributed by atoms with E-state index in [0.717, 1.165) is 55.2 Å². The highest BCUT2D eigenvalue weighted by Crippen LogP contribution is 2.48. The molecule has 2 amide bonds. The van der Waals surface area contributed by atoms with Crippen LogP contribution < -0.4 is 10.1 Å². The number of aromatic amines is 1. The molecule has 154 valence electrons. The number of H-pyrrole nitrogens is 1. The molecule has 0 unspecified atom stereocenters. The van der Waals surface area contributed by atoms with Crippen molar-refractivity contribution in [1.29, 1.82) is 0 Å². The molecule has 2 heterocycles. The van der Waals surface area contributed by atoms with Gasteiger partial charge in [0.15, 0.2) is 6.61 Å². The van der Waals surface area contributed by atoms with Crippen LogP contribution in [0.4, 0.5) is 0 Å². The second-order valence-electron chi connectivity index (χ2n) is 8.38. The van der Waals surface area contributed by atoms with Crippen molar-refractivity contribution in [1.82, 2.24) is 15.2 Å². The molecule has 0 spiro atoms. The third-order valence-corrected chi connectivity index (χ3v) is 6.39. The number of fused-ring (bicyclic) bond motifs is 10. The Balaban J connectivity index is 1.52. The van der Waals surface area contributed by atoms with Crippen molar-refractivity contribution in [2.75, 3.05) is 20.7 Å². The highest BCUT2D eigenvalue weighted by atomic mass is 16.5. The Hall–Kier alpha value is -3.80. The molecule has 0 saturated carbocycles. The van der Waals surface area contributed by atoms with E-state index in [-0.39, 0.29) is 18.4 Å². The molecule has 6 heteroatoms. The van der Waals surface area contributed by atoms with Gasteiger partial charge in [0, 0.05) is 48.9 Å². The van der Waals surface area contributed by atoms with Crippen molar-refractivity contribution in [3.05, 3.63) is 64.7 Å². The first-order valence-electron chi connectivity index (χ1n) is 10.4. The minimum Gasteiger partial charge on any atom is -0.484 e. The summed E-state index contributed by atoms with van der Waals surface area (Å²) in [7, 11) is 3.42. The number of benzene rings is 3. The topological polar surface area (TPSA) is 74.4 Å². The van der Waals surface area contributed by atoms with Gasteiger partial charge in [-0.15, -0.1) is 0 Å². The molecule has 6 rings (SSSR count). The van der Waals surface area contributed by atoms with Gasteiger partial charge < -0.3 is 19.9 Å². The summed E-state index contributed by atoms with van der Waals surface area (Å²) in [5.41, 5.74) is 8.40. The molecule has 0 atom stereocenters. The molecule has 4 aromatic rings. The Morgan fingerprint density at radius 2 is 1.94 bits per heavy atom. The summed E-state index contributed by atoms with van der Waals surface area (Å²) in [5.74, 6) is 0.567. The lowest BCUT2D eigenvalue weighted by Crippen LogP contribution is -2.27. The molecule has 0 fully saturated rings. The number of aromatic nitrogens is 1. The average molecular weight is 411 g/mol. The highest BCUT2D eigenvalue weighted by molar-refractivity contribution is 6.19. The highest BCUT2D eigenvalue weighted by Gasteiger charge is 2.34. The summed E-state index contributed by atoms with van der Waals surface area (Å²) in [6.45, 7) is 0.547. The average Bonchev–Trinajstić information content (AvgIpc) is 3.44. The second kappa shape index (κ2) is 6.35. The number of carbonyl (C=O) groups is 2. The predicted molar refractivity (Wildman–Crippen MR) is 119 cm³/mol. The van der Waals surface area contributed by atoms with Gasteiger partial charge in [0.2, 0.25) is 0 Å². The van der Waals surface area contributed by atoms with Gasteiger partial charge >= 0.3 is 0 Å². The standard InChI is InChI=1S/C25H21N3O3/c1-28(2)20(29)12-31-14-7-8-15-13(9-14)10-17-21(15)23-18(11-26-25(23)30)22-16-5-3-4-6-19(16)27-24(17)22/h3-9,27H,10-12H2,1-2H3,(H,26,30). The third-order valence-electron chi connectivity index (χ3n) is 6.39. The number of ether oxygens (including phenoxy) is 1. The van der Waals surface area contributed by atoms with Crippen LogP contribution in [0.15, 0.2) is 42.5 Å². The first-order chi connectivity index (χ1) is 15.0. The molecule has 1 aliphatic heterocycles. The van der Waals surface area contributed by atoms with E-state index in [9.17, 15) is 9.59 Å². The summed E-state index contributed by atoms with van der Waals surface area (Å²) in [6.07, 6.45) is 0.716. The van der Waals surface area contributed by atoms with E-state index in [1.807, 2.05) is 30.3 Å². The van der Waals surface area contributed by atoms with Crippen LogP contribution in [0.25, 0.3) is 32.9 Å². The lowest BCUT2D eigenvalue weighted by Gasteiger charge is -2.12. The quantitative estimate of drug-likeness (QED) is 0.476. The van der Waals surface area contributed by atoms with Gasteiger partial charge in [-0.2, -0.15) is 0 Å². The molecule has 0 saturated heterocycles. The largest absolute Gasteiger partial charge is 0.484 e. The number of hydrogen-bond acceptors (Lipinski definition) is 3. The van der Waals surface area contributed by atoms with Crippen LogP contribution in [0.1, 0.15) is 27.0 Å². The van der Waals surface area contributed by atoms with Crippen molar-refractivity contribution in [2.45, 2.75) is 13.0 Å². The van der Waals surface area contributed by atoms with Crippen molar-refractivity contribution in [2.24, 2.45) is 0 Å². The van der Waals surface area contributed by atoms with E-state index in [4.69, 9.17) is 4.74 Å². The van der Waals surface area contributed by atoms with Crippen molar-refractivity contribution in [3.8, 4) is 16.9 Å². The fraction of sp³-hybridized carbons (Fsp3) is 0.200. The molecule has 2 N–H and O–H groups in total. The van der Waals surface area contributed by atoms with Gasteiger partial charge in [-0.1, -0.05) is 24.3 Å². The number of hydrogen-bond donors (Lipinski definition) is 2. The number of rotatable bonds is 3. The van der Waals surface area contributed by atoms with Crippen molar-refractivity contribution < 1.29 is 14.3 Å². The lowest BCUT2D eigenvalue weighted by molar-refractivity contribution is -0.130. The molecule has 1 aromatic heterocycles. The van der Waals surface area contributed by atoms with E-state index in [1.54, 1.807) is 14.1 Å². The molecule has 2 aliphatic rings. The summed E-state index contributed by atoms with van der Waals surface area (Å²) < 4.78 is 5.72. The van der Waals surface area contributed by atoms with E-state index < -0.39 is 0 Å². The van der Waals surface area contributed by atoms with Gasteiger partial charge in [0.25, 0.3) is 11.8 Å². The maximum atomic E-state index is 12.9. The van der Waals surface area contributed by atoms with E-state index in [0.29, 0.717) is 18.7 Å². The SMILES string of the molecule is CN(C)C(=O)COc1ccc2c(c1)Cc1c-2c2c(c3c1[nH]c1ccccc13)CNC2=O. The zero-order chi connectivity index (χ0) is 21.3. The lowest BCUT2D eigenvalue weighted by atomic mass is 9.92. The van der Waals surface area contributed by atoms with Crippen molar-refractivity contribution >= 4 is 33.6 Å². The zero-order valence-corrected chi connectivity index (χ0v) is 17.3. The molecule has 31 heavy (non-hydrogen) atoms. The van der Waals surface area contributed by atoms with Crippen LogP contribution in [0, 0.1) is 0 Å². The predicted octanol–water partition coefficient (Wildman–Crippen LogP) is 3.60. The smallest absolute Gasteiger partial charge is 0.259 e. The Labute approximate surface area is 178 Å². The van der Waals surface area contributed by atoms with Crippen LogP contribution in [-0.4, -0.2) is 42.4 Å². The van der Waals surface area contributed by atoms with Crippen LogP contribution in [0.2, 0.25) is 0 Å². The first-order valence-corrected chi connectivity index (χ1v) is 10.4. The second-order valence-corrected chi connectivity index (χ2v) is 8.38. The van der Waals surface area contributed by atoms with Crippen LogP contribution in [0.3, 0.4) is 0 Å². The number of likely N-dealkylation sites (N-methyl/N-ethyl adjacent to an activating group) is 1. The maximum Gasteiger partial charge on any atom is 0.259 e. The molecule has 3 aromatic carbocycles. The maximum absolute atomic E-state index is 12.9. The Kier molecular flexibility index (Phi) is 3.69. The third kappa shape index (κ3) is 2.51. The zero-order valence-electron chi connectivity index (χ0n) is 17.3. The summed E-state index contributed by atoms with van der Waals surface area (Å²) in [6, 6.07) is 14.1.